The number of methoxy groups -OCH3 is 1. The number of halogens is 2. The number of ether oxygens (including phenoxy) is 2. The molecule has 0 bridgehead atoms. The number of aliphatic imine (C=N–C) groups is 2. The van der Waals surface area contributed by atoms with Crippen molar-refractivity contribution in [1.82, 2.24) is 0 Å². The van der Waals surface area contributed by atoms with E-state index in [1.807, 2.05) is 0 Å². The molecular formula is C30H44Br2N2NiO2. The third-order valence-electron chi connectivity index (χ3n) is 5.57. The van der Waals surface area contributed by atoms with Gasteiger partial charge in [-0.3, -0.25) is 9.98 Å². The van der Waals surface area contributed by atoms with Gasteiger partial charge in [0, 0.05) is 13.7 Å². The summed E-state index contributed by atoms with van der Waals surface area (Å²) >= 11 is 6.00. The summed E-state index contributed by atoms with van der Waals surface area (Å²) in [4.78, 5) is 10.3. The Bertz CT molecular complexity index is 977. The van der Waals surface area contributed by atoms with Crippen molar-refractivity contribution in [3.8, 4) is 0 Å². The molecule has 0 N–H and O–H groups in total. The van der Waals surface area contributed by atoms with Gasteiger partial charge in [-0.1, -0.05) is 42.3 Å². The molecule has 0 fully saturated rings. The molecule has 0 atom stereocenters. The number of benzene rings is 2. The molecule has 37 heavy (non-hydrogen) atoms. The quantitative estimate of drug-likeness (QED) is 0.103. The van der Waals surface area contributed by atoms with Crippen LogP contribution in [0.1, 0.15) is 59.6 Å². The summed E-state index contributed by atoms with van der Waals surface area (Å²) in [7, 11) is 2.94. The van der Waals surface area contributed by atoms with Crippen LogP contribution in [0.2, 0.25) is 0 Å². The average molecular weight is 683 g/mol. The van der Waals surface area contributed by atoms with Crippen molar-refractivity contribution in [3.63, 3.8) is 0 Å². The average Bonchev–Trinajstić information content (AvgIpc) is 2.84. The van der Waals surface area contributed by atoms with Crippen LogP contribution in [0, 0.1) is 41.5 Å². The van der Waals surface area contributed by atoms with Crippen molar-refractivity contribution in [2.24, 2.45) is 9.98 Å². The van der Waals surface area contributed by atoms with E-state index in [0.717, 1.165) is 42.1 Å². The fourth-order valence-electron chi connectivity index (χ4n) is 4.17. The van der Waals surface area contributed by atoms with Gasteiger partial charge in [0.15, 0.2) is 0 Å². The maximum absolute atomic E-state index is 5.70. The third-order valence-corrected chi connectivity index (χ3v) is 5.57. The van der Waals surface area contributed by atoms with Crippen LogP contribution in [-0.4, -0.2) is 38.4 Å². The SMILES string of the molecule is C=C.CCC(=Nc1c(C)cc(C)cc1C)C(CCCOCCOC)=Nc1c(C)cc(C)cc1C.[Br][Ni][Br]. The monoisotopic (exact) mass is 680 g/mol. The Kier molecular flexibility index (Phi) is 20.2. The molecular weight excluding hydrogens is 639 g/mol. The zero-order chi connectivity index (χ0) is 28.4. The van der Waals surface area contributed by atoms with Crippen molar-refractivity contribution >= 4 is 51.2 Å². The molecule has 7 heteroatoms. The van der Waals surface area contributed by atoms with Crippen LogP contribution in [0.3, 0.4) is 0 Å². The summed E-state index contributed by atoms with van der Waals surface area (Å²) in [6.45, 7) is 22.9. The molecule has 4 nitrogen and oxygen atoms in total. The molecule has 2 aromatic rings. The number of aryl methyl sites for hydroxylation is 6. The van der Waals surface area contributed by atoms with Gasteiger partial charge >= 0.3 is 39.3 Å². The molecule has 0 saturated heterocycles. The molecule has 0 heterocycles. The normalized spacial score (nSPS) is 11.5. The second-order valence-electron chi connectivity index (χ2n) is 8.72. The van der Waals surface area contributed by atoms with Gasteiger partial charge in [0.05, 0.1) is 36.0 Å². The zero-order valence-electron chi connectivity index (χ0n) is 23.7. The number of nitrogens with zero attached hydrogens (tertiary/aromatic N) is 2. The molecule has 2 rings (SSSR count). The van der Waals surface area contributed by atoms with Crippen molar-refractivity contribution in [1.29, 1.82) is 0 Å². The molecule has 0 aliphatic rings. The molecule has 0 aromatic heterocycles. The predicted molar refractivity (Wildman–Crippen MR) is 167 cm³/mol. The van der Waals surface area contributed by atoms with Crippen molar-refractivity contribution in [2.75, 3.05) is 26.9 Å². The summed E-state index contributed by atoms with van der Waals surface area (Å²) in [5.41, 5.74) is 11.6. The molecule has 2 aromatic carbocycles. The second-order valence-corrected chi connectivity index (χ2v) is 13.7. The molecule has 0 aliphatic carbocycles. The van der Waals surface area contributed by atoms with Gasteiger partial charge in [-0.15, -0.1) is 13.2 Å². The molecule has 0 spiro atoms. The third kappa shape index (κ3) is 13.5. The molecule has 0 saturated carbocycles. The van der Waals surface area contributed by atoms with Crippen LogP contribution < -0.4 is 0 Å². The minimum atomic E-state index is 0.621. The van der Waals surface area contributed by atoms with Crippen molar-refractivity contribution in [3.05, 3.63) is 70.8 Å². The fourth-order valence-corrected chi connectivity index (χ4v) is 4.17. The minimum absolute atomic E-state index is 0.621. The van der Waals surface area contributed by atoms with Crippen molar-refractivity contribution in [2.45, 2.75) is 67.7 Å². The number of rotatable bonds is 11. The van der Waals surface area contributed by atoms with E-state index in [0.29, 0.717) is 19.8 Å². The first-order valence-corrected chi connectivity index (χ1v) is 17.3. The first-order chi connectivity index (χ1) is 17.7. The van der Waals surface area contributed by atoms with Crippen molar-refractivity contribution < 1.29 is 20.4 Å². The van der Waals surface area contributed by atoms with Crippen LogP contribution in [0.15, 0.2) is 47.4 Å². The Balaban J connectivity index is 0.00000241. The van der Waals surface area contributed by atoms with E-state index in [1.54, 1.807) is 7.11 Å². The Morgan fingerprint density at radius 3 is 1.54 bits per heavy atom. The second kappa shape index (κ2) is 20.8. The van der Waals surface area contributed by atoms with E-state index in [9.17, 15) is 0 Å². The molecule has 210 valence electrons. The van der Waals surface area contributed by atoms with Crippen LogP contribution in [0.25, 0.3) is 0 Å². The van der Waals surface area contributed by atoms with E-state index < -0.39 is 0 Å². The van der Waals surface area contributed by atoms with Gasteiger partial charge in [-0.2, -0.15) is 0 Å². The van der Waals surface area contributed by atoms with E-state index in [-0.39, 0.29) is 0 Å². The van der Waals surface area contributed by atoms with Crippen LogP contribution in [-0.2, 0) is 20.4 Å². The van der Waals surface area contributed by atoms with Gasteiger partial charge in [-0.25, -0.2) is 0 Å². The molecule has 0 radical (unpaired) electrons. The zero-order valence-corrected chi connectivity index (χ0v) is 27.9. The summed E-state index contributed by atoms with van der Waals surface area (Å²) < 4.78 is 10.8. The molecule has 0 unspecified atom stereocenters. The predicted octanol–water partition coefficient (Wildman–Crippen LogP) is 9.73. The van der Waals surface area contributed by atoms with Gasteiger partial charge in [-0.05, 0) is 83.1 Å². The molecule has 0 amide bonds. The van der Waals surface area contributed by atoms with Crippen LogP contribution in [0.4, 0.5) is 11.4 Å². The topological polar surface area (TPSA) is 43.2 Å². The van der Waals surface area contributed by atoms with Crippen LogP contribution in [0.5, 0.6) is 0 Å². The van der Waals surface area contributed by atoms with E-state index in [1.165, 1.54) is 44.3 Å². The maximum atomic E-state index is 5.70. The van der Waals surface area contributed by atoms with Gasteiger partial charge in [0.1, 0.15) is 0 Å². The van der Waals surface area contributed by atoms with E-state index >= 15 is 0 Å². The van der Waals surface area contributed by atoms with Gasteiger partial charge in [0.25, 0.3) is 0 Å². The Morgan fingerprint density at radius 1 is 0.757 bits per heavy atom. The standard InChI is InChI=1S/C28H40N2O2.C2H4.2BrH.Ni/c1-9-25(29-27-21(4)15-19(2)16-22(27)5)26(11-10-12-32-14-13-31-8)30-28-23(6)17-20(3)18-24(28)7;1-2;;;/h15-18H,9-14H2,1-8H3;1-2H2;2*1H;/q;;;;+2/p-2. The first-order valence-electron chi connectivity index (χ1n) is 12.4. The summed E-state index contributed by atoms with van der Waals surface area (Å²) in [6, 6.07) is 8.81. The summed E-state index contributed by atoms with van der Waals surface area (Å²) in [5.74, 6) is 0. The summed E-state index contributed by atoms with van der Waals surface area (Å²) in [6.07, 6.45) is 2.56. The van der Waals surface area contributed by atoms with Gasteiger partial charge < -0.3 is 9.47 Å². The fraction of sp³-hybridized carbons (Fsp3) is 0.467. The number of hydrogen-bond acceptors (Lipinski definition) is 4. The van der Waals surface area contributed by atoms with E-state index in [4.69, 9.17) is 19.5 Å². The number of hydrogen-bond donors (Lipinski definition) is 0. The van der Waals surface area contributed by atoms with E-state index in [2.05, 4.69) is 114 Å². The molecule has 0 aliphatic heterocycles. The Labute approximate surface area is 245 Å². The van der Waals surface area contributed by atoms with Crippen LogP contribution >= 0.6 is 28.5 Å². The Morgan fingerprint density at radius 2 is 1.16 bits per heavy atom. The first kappa shape index (κ1) is 35.9. The summed E-state index contributed by atoms with van der Waals surface area (Å²) in [5, 5.41) is 0. The van der Waals surface area contributed by atoms with Gasteiger partial charge in [0.2, 0.25) is 0 Å². The Hall–Kier alpha value is -1.11.